The predicted molar refractivity (Wildman–Crippen MR) is 77.5 cm³/mol. The highest BCUT2D eigenvalue weighted by Gasteiger charge is 2.24. The van der Waals surface area contributed by atoms with Gasteiger partial charge in [-0.2, -0.15) is 0 Å². The van der Waals surface area contributed by atoms with Crippen LogP contribution in [-0.2, 0) is 10.2 Å². The molecule has 0 aromatic heterocycles. The minimum absolute atomic E-state index is 0.254. The summed E-state index contributed by atoms with van der Waals surface area (Å²) in [4.78, 5) is 1.55. The second-order valence-corrected chi connectivity index (χ2v) is 9.91. The van der Waals surface area contributed by atoms with E-state index in [1.54, 1.807) is 4.90 Å². The van der Waals surface area contributed by atoms with Crippen molar-refractivity contribution in [1.82, 2.24) is 0 Å². The Morgan fingerprint density at radius 2 is 1.53 bits per heavy atom. The Labute approximate surface area is 107 Å². The lowest BCUT2D eigenvalue weighted by Gasteiger charge is -2.40. The molecule has 1 aromatic carbocycles. The van der Waals surface area contributed by atoms with Gasteiger partial charge in [0.15, 0.2) is 0 Å². The van der Waals surface area contributed by atoms with Crippen molar-refractivity contribution in [3.8, 4) is 0 Å². The van der Waals surface area contributed by atoms with Crippen LogP contribution in [0.15, 0.2) is 29.2 Å². The summed E-state index contributed by atoms with van der Waals surface area (Å²) in [5, 5.41) is 0. The van der Waals surface area contributed by atoms with Crippen LogP contribution in [0.4, 0.5) is 0 Å². The molecule has 1 saturated heterocycles. The lowest BCUT2D eigenvalue weighted by atomic mass is 9.87. The van der Waals surface area contributed by atoms with E-state index in [0.29, 0.717) is 0 Å². The SMILES string of the molecule is CC(C)(C)c1ccc(S2(C)CCOCC2)cc1. The molecule has 0 N–H and O–H groups in total. The van der Waals surface area contributed by atoms with Crippen LogP contribution in [-0.4, -0.2) is 31.0 Å². The van der Waals surface area contributed by atoms with Gasteiger partial charge in [-0.15, -0.1) is 0 Å². The Hall–Kier alpha value is -0.470. The summed E-state index contributed by atoms with van der Waals surface area (Å²) in [6.45, 7) is 8.68. The van der Waals surface area contributed by atoms with E-state index in [1.165, 1.54) is 17.1 Å². The fraction of sp³-hybridized carbons (Fsp3) is 0.600. The van der Waals surface area contributed by atoms with Crippen LogP contribution < -0.4 is 0 Å². The summed E-state index contributed by atoms with van der Waals surface area (Å²) < 4.78 is 5.49. The zero-order valence-corrected chi connectivity index (χ0v) is 12.3. The number of ether oxygens (including phenoxy) is 1. The smallest absolute Gasteiger partial charge is 0.0545 e. The third-order valence-electron chi connectivity index (χ3n) is 3.65. The fourth-order valence-corrected chi connectivity index (χ4v) is 4.65. The number of rotatable bonds is 1. The maximum atomic E-state index is 5.49. The molecule has 0 bridgehead atoms. The first-order valence-electron chi connectivity index (χ1n) is 6.34. The van der Waals surface area contributed by atoms with Gasteiger partial charge in [0.25, 0.3) is 0 Å². The van der Waals surface area contributed by atoms with Crippen molar-refractivity contribution in [2.45, 2.75) is 31.1 Å². The van der Waals surface area contributed by atoms with Crippen LogP contribution in [0.3, 0.4) is 0 Å². The van der Waals surface area contributed by atoms with Crippen molar-refractivity contribution in [3.05, 3.63) is 29.8 Å². The molecule has 17 heavy (non-hydrogen) atoms. The van der Waals surface area contributed by atoms with Crippen molar-refractivity contribution in [2.24, 2.45) is 0 Å². The molecule has 1 fully saturated rings. The summed E-state index contributed by atoms with van der Waals surface area (Å²) in [5.74, 6) is 2.45. The molecule has 0 amide bonds. The quantitative estimate of drug-likeness (QED) is 0.738. The summed E-state index contributed by atoms with van der Waals surface area (Å²) >= 11 is 0. The van der Waals surface area contributed by atoms with Crippen molar-refractivity contribution in [1.29, 1.82) is 0 Å². The second-order valence-electron chi connectivity index (χ2n) is 6.07. The Bertz CT molecular complexity index is 369. The predicted octanol–water partition coefficient (Wildman–Crippen LogP) is 3.81. The van der Waals surface area contributed by atoms with Crippen LogP contribution in [0.5, 0.6) is 0 Å². The van der Waals surface area contributed by atoms with Crippen molar-refractivity contribution < 1.29 is 4.74 Å². The van der Waals surface area contributed by atoms with E-state index in [1.807, 2.05) is 0 Å². The van der Waals surface area contributed by atoms with E-state index in [9.17, 15) is 0 Å². The standard InChI is InChI=1S/C15H24OS/c1-15(2,3)13-5-7-14(8-6-13)17(4)11-9-16-10-12-17/h5-8H,9-12H2,1-4H3. The molecule has 1 aliphatic rings. The molecule has 1 aliphatic heterocycles. The molecule has 2 rings (SSSR count). The monoisotopic (exact) mass is 252 g/mol. The Kier molecular flexibility index (Phi) is 3.55. The first-order valence-corrected chi connectivity index (χ1v) is 8.72. The van der Waals surface area contributed by atoms with Gasteiger partial charge in [-0.3, -0.25) is 0 Å². The molecular weight excluding hydrogens is 228 g/mol. The average Bonchev–Trinajstić information content (AvgIpc) is 2.29. The second kappa shape index (κ2) is 4.66. The van der Waals surface area contributed by atoms with E-state index in [-0.39, 0.29) is 5.41 Å². The van der Waals surface area contributed by atoms with Gasteiger partial charge in [0.2, 0.25) is 0 Å². The Balaban J connectivity index is 2.23. The van der Waals surface area contributed by atoms with Crippen LogP contribution >= 0.6 is 10.0 Å². The molecule has 1 heterocycles. The average molecular weight is 252 g/mol. The molecule has 1 nitrogen and oxygen atoms in total. The van der Waals surface area contributed by atoms with Gasteiger partial charge < -0.3 is 4.74 Å². The van der Waals surface area contributed by atoms with Gasteiger partial charge in [0, 0.05) is 11.5 Å². The van der Waals surface area contributed by atoms with E-state index in [2.05, 4.69) is 51.3 Å². The molecule has 1 aromatic rings. The first-order chi connectivity index (χ1) is 7.92. The van der Waals surface area contributed by atoms with Crippen LogP contribution in [0.25, 0.3) is 0 Å². The van der Waals surface area contributed by atoms with E-state index in [0.717, 1.165) is 13.2 Å². The van der Waals surface area contributed by atoms with Crippen molar-refractivity contribution in [3.63, 3.8) is 0 Å². The van der Waals surface area contributed by atoms with Gasteiger partial charge in [-0.1, -0.05) is 32.9 Å². The van der Waals surface area contributed by atoms with Gasteiger partial charge in [-0.25, -0.2) is 10.0 Å². The van der Waals surface area contributed by atoms with Crippen LogP contribution in [0.1, 0.15) is 26.3 Å². The van der Waals surface area contributed by atoms with Gasteiger partial charge >= 0.3 is 0 Å². The molecule has 96 valence electrons. The van der Waals surface area contributed by atoms with Crippen LogP contribution in [0.2, 0.25) is 0 Å². The largest absolute Gasteiger partial charge is 0.380 e. The zero-order valence-electron chi connectivity index (χ0n) is 11.5. The molecule has 2 heteroatoms. The van der Waals surface area contributed by atoms with E-state index >= 15 is 0 Å². The highest BCUT2D eigenvalue weighted by atomic mass is 32.3. The van der Waals surface area contributed by atoms with E-state index < -0.39 is 10.0 Å². The maximum absolute atomic E-state index is 5.49. The molecule has 0 saturated carbocycles. The third-order valence-corrected chi connectivity index (χ3v) is 7.19. The lowest BCUT2D eigenvalue weighted by Crippen LogP contribution is -2.23. The topological polar surface area (TPSA) is 9.23 Å². The third kappa shape index (κ3) is 2.86. The van der Waals surface area contributed by atoms with Crippen LogP contribution in [0, 0.1) is 0 Å². The summed E-state index contributed by atoms with van der Waals surface area (Å²) in [5.41, 5.74) is 1.68. The Morgan fingerprint density at radius 1 is 1.00 bits per heavy atom. The van der Waals surface area contributed by atoms with Gasteiger partial charge in [0.05, 0.1) is 13.2 Å². The molecule has 0 aliphatic carbocycles. The minimum Gasteiger partial charge on any atom is -0.380 e. The molecular formula is C15H24OS. The molecule has 0 radical (unpaired) electrons. The normalized spacial score (nSPS) is 22.1. The fourth-order valence-electron chi connectivity index (χ4n) is 2.21. The summed E-state index contributed by atoms with van der Waals surface area (Å²) in [7, 11) is -0.606. The highest BCUT2D eigenvalue weighted by Crippen LogP contribution is 2.53. The summed E-state index contributed by atoms with van der Waals surface area (Å²) in [6, 6.07) is 9.31. The first kappa shape index (κ1) is 13.0. The summed E-state index contributed by atoms with van der Waals surface area (Å²) in [6.07, 6.45) is 2.45. The molecule has 0 spiro atoms. The molecule has 0 atom stereocenters. The minimum atomic E-state index is -0.606. The number of hydrogen-bond donors (Lipinski definition) is 0. The van der Waals surface area contributed by atoms with Crippen molar-refractivity contribution in [2.75, 3.05) is 31.0 Å². The Morgan fingerprint density at radius 3 is 2.00 bits per heavy atom. The van der Waals surface area contributed by atoms with Crippen molar-refractivity contribution >= 4 is 10.0 Å². The highest BCUT2D eigenvalue weighted by molar-refractivity contribution is 8.33. The van der Waals surface area contributed by atoms with Gasteiger partial charge in [0.1, 0.15) is 0 Å². The number of hydrogen-bond acceptors (Lipinski definition) is 1. The zero-order chi connectivity index (χ0) is 12.5. The van der Waals surface area contributed by atoms with Gasteiger partial charge in [-0.05, 0) is 34.3 Å². The van der Waals surface area contributed by atoms with E-state index in [4.69, 9.17) is 4.74 Å². The molecule has 0 unspecified atom stereocenters. The lowest BCUT2D eigenvalue weighted by molar-refractivity contribution is 0.159. The maximum Gasteiger partial charge on any atom is 0.0545 e. The number of benzene rings is 1.